The van der Waals surface area contributed by atoms with E-state index in [2.05, 4.69) is 50.4 Å². The first kappa shape index (κ1) is 15.5. The Kier molecular flexibility index (Phi) is 4.49. The maximum Gasteiger partial charge on any atom is 0.274 e. The van der Waals surface area contributed by atoms with Gasteiger partial charge in [-0.25, -0.2) is 9.97 Å². The largest absolute Gasteiger partial charge is 0.333 e. The molecule has 1 aromatic heterocycles. The number of amides is 1. The lowest BCUT2D eigenvalue weighted by atomic mass is 9.99. The minimum absolute atomic E-state index is 0.0427. The number of carbonyl (C=O) groups excluding carboxylic acids is 1. The van der Waals surface area contributed by atoms with Crippen molar-refractivity contribution in [1.82, 2.24) is 14.9 Å². The quantitative estimate of drug-likeness (QED) is 0.751. The molecule has 3 rings (SSSR count). The zero-order valence-corrected chi connectivity index (χ0v) is 14.9. The number of hydrogen-bond acceptors (Lipinski definition) is 4. The van der Waals surface area contributed by atoms with Crippen molar-refractivity contribution in [3.8, 4) is 0 Å². The Balaban J connectivity index is 1.91. The smallest absolute Gasteiger partial charge is 0.274 e. The van der Waals surface area contributed by atoms with E-state index < -0.39 is 0 Å². The summed E-state index contributed by atoms with van der Waals surface area (Å²) in [6.45, 7) is 3.15. The van der Waals surface area contributed by atoms with Crippen molar-refractivity contribution < 1.29 is 4.79 Å². The van der Waals surface area contributed by atoms with Crippen LogP contribution in [-0.4, -0.2) is 33.6 Å². The molecule has 0 bridgehead atoms. The van der Waals surface area contributed by atoms with Gasteiger partial charge in [-0.1, -0.05) is 12.1 Å². The highest BCUT2D eigenvalue weighted by molar-refractivity contribution is 9.10. The van der Waals surface area contributed by atoms with Crippen molar-refractivity contribution in [2.75, 3.05) is 12.8 Å². The molecular formula is C16H16BrN3OS. The summed E-state index contributed by atoms with van der Waals surface area (Å²) in [6.07, 6.45) is 4.60. The van der Waals surface area contributed by atoms with Gasteiger partial charge in [0, 0.05) is 24.2 Å². The first-order valence-electron chi connectivity index (χ1n) is 7.03. The van der Waals surface area contributed by atoms with Crippen LogP contribution in [0.15, 0.2) is 33.8 Å². The van der Waals surface area contributed by atoms with Crippen molar-refractivity contribution in [2.45, 2.75) is 24.8 Å². The number of benzene rings is 1. The Labute approximate surface area is 142 Å². The second-order valence-electron chi connectivity index (χ2n) is 5.19. The molecule has 0 radical (unpaired) electrons. The van der Waals surface area contributed by atoms with E-state index in [1.807, 2.05) is 4.90 Å². The second-order valence-corrected chi connectivity index (χ2v) is 6.89. The van der Waals surface area contributed by atoms with Crippen LogP contribution in [0.4, 0.5) is 0 Å². The average molecular weight is 378 g/mol. The molecule has 0 unspecified atom stereocenters. The summed E-state index contributed by atoms with van der Waals surface area (Å²) in [5.41, 5.74) is 3.04. The highest BCUT2D eigenvalue weighted by atomic mass is 79.9. The number of fused-ring (bicyclic) bond motifs is 1. The van der Waals surface area contributed by atoms with Gasteiger partial charge < -0.3 is 4.90 Å². The van der Waals surface area contributed by atoms with Crippen LogP contribution in [0.5, 0.6) is 0 Å². The molecule has 1 aromatic carbocycles. The highest BCUT2D eigenvalue weighted by Crippen LogP contribution is 2.29. The molecule has 22 heavy (non-hydrogen) atoms. The summed E-state index contributed by atoms with van der Waals surface area (Å²) in [4.78, 5) is 24.3. The van der Waals surface area contributed by atoms with Gasteiger partial charge in [0.2, 0.25) is 0 Å². The molecule has 0 aliphatic carbocycles. The van der Waals surface area contributed by atoms with Crippen molar-refractivity contribution in [1.29, 1.82) is 0 Å². The topological polar surface area (TPSA) is 46.1 Å². The van der Waals surface area contributed by atoms with Crippen molar-refractivity contribution >= 4 is 33.6 Å². The van der Waals surface area contributed by atoms with Crippen molar-refractivity contribution in [3.05, 3.63) is 51.5 Å². The molecule has 1 amide bonds. The molecule has 2 heterocycles. The zero-order chi connectivity index (χ0) is 15.7. The van der Waals surface area contributed by atoms with Gasteiger partial charge in [0.25, 0.3) is 5.91 Å². The lowest BCUT2D eigenvalue weighted by molar-refractivity contribution is 0.0725. The Morgan fingerprint density at radius 1 is 1.41 bits per heavy atom. The van der Waals surface area contributed by atoms with E-state index in [4.69, 9.17) is 0 Å². The van der Waals surface area contributed by atoms with E-state index in [1.165, 1.54) is 16.0 Å². The molecule has 0 atom stereocenters. The number of thioether (sulfide) groups is 1. The van der Waals surface area contributed by atoms with Gasteiger partial charge in [0.05, 0.1) is 4.47 Å². The van der Waals surface area contributed by atoms with Gasteiger partial charge >= 0.3 is 0 Å². The Hall–Kier alpha value is -1.40. The van der Waals surface area contributed by atoms with E-state index in [0.29, 0.717) is 22.5 Å². The second kappa shape index (κ2) is 6.38. The lowest BCUT2D eigenvalue weighted by Gasteiger charge is -2.30. The minimum Gasteiger partial charge on any atom is -0.333 e. The van der Waals surface area contributed by atoms with Crippen LogP contribution in [-0.2, 0) is 13.0 Å². The number of halogens is 1. The molecule has 0 N–H and O–H groups in total. The van der Waals surface area contributed by atoms with Gasteiger partial charge in [-0.05, 0) is 52.7 Å². The first-order valence-corrected chi connectivity index (χ1v) is 9.05. The van der Waals surface area contributed by atoms with Gasteiger partial charge in [-0.2, -0.15) is 0 Å². The van der Waals surface area contributed by atoms with Crippen LogP contribution < -0.4 is 0 Å². The third kappa shape index (κ3) is 2.90. The predicted octanol–water partition coefficient (Wildman–Crippen LogP) is 3.47. The number of carbonyl (C=O) groups is 1. The summed E-state index contributed by atoms with van der Waals surface area (Å²) >= 11 is 5.11. The molecule has 0 fully saturated rings. The predicted molar refractivity (Wildman–Crippen MR) is 91.1 cm³/mol. The molecular weight excluding hydrogens is 362 g/mol. The van der Waals surface area contributed by atoms with E-state index in [1.54, 1.807) is 24.9 Å². The monoisotopic (exact) mass is 377 g/mol. The van der Waals surface area contributed by atoms with Gasteiger partial charge in [-0.15, -0.1) is 11.8 Å². The van der Waals surface area contributed by atoms with Crippen LogP contribution in [0.2, 0.25) is 0 Å². The van der Waals surface area contributed by atoms with Gasteiger partial charge in [0.15, 0.2) is 0 Å². The van der Waals surface area contributed by atoms with Crippen LogP contribution in [0.25, 0.3) is 0 Å². The minimum atomic E-state index is -0.0427. The Bertz CT molecular complexity index is 721. The van der Waals surface area contributed by atoms with Crippen LogP contribution in [0.3, 0.4) is 0 Å². The summed E-state index contributed by atoms with van der Waals surface area (Å²) in [7, 11) is 0. The summed E-state index contributed by atoms with van der Waals surface area (Å²) in [6, 6.07) is 6.36. The van der Waals surface area contributed by atoms with E-state index in [-0.39, 0.29) is 5.91 Å². The van der Waals surface area contributed by atoms with E-state index >= 15 is 0 Å². The third-order valence-corrected chi connectivity index (χ3v) is 5.21. The SMILES string of the molecule is CSc1cccc2c1CN(C(=O)c1nc(C)ncc1Br)CC2. The molecule has 6 heteroatoms. The molecule has 1 aliphatic heterocycles. The maximum absolute atomic E-state index is 12.8. The fourth-order valence-corrected chi connectivity index (χ4v) is 3.69. The normalized spacial score (nSPS) is 13.9. The zero-order valence-electron chi connectivity index (χ0n) is 12.5. The third-order valence-electron chi connectivity index (χ3n) is 3.80. The van der Waals surface area contributed by atoms with E-state index in [9.17, 15) is 4.79 Å². The van der Waals surface area contributed by atoms with Gasteiger partial charge in [-0.3, -0.25) is 4.79 Å². The number of hydrogen-bond donors (Lipinski definition) is 0. The number of aromatic nitrogens is 2. The lowest BCUT2D eigenvalue weighted by Crippen LogP contribution is -2.37. The number of nitrogens with zero attached hydrogens (tertiary/aromatic N) is 3. The molecule has 2 aromatic rings. The average Bonchev–Trinajstić information content (AvgIpc) is 2.55. The van der Waals surface area contributed by atoms with Crippen molar-refractivity contribution in [2.24, 2.45) is 0 Å². The molecule has 0 saturated carbocycles. The van der Waals surface area contributed by atoms with Crippen LogP contribution in [0.1, 0.15) is 27.4 Å². The number of aryl methyl sites for hydroxylation is 1. The fraction of sp³-hybridized carbons (Fsp3) is 0.312. The molecule has 0 spiro atoms. The molecule has 1 aliphatic rings. The standard InChI is InChI=1S/C16H16BrN3OS/c1-10-18-8-13(17)15(19-10)16(21)20-7-6-11-4-3-5-14(22-2)12(11)9-20/h3-5,8H,6-7,9H2,1-2H3. The maximum atomic E-state index is 12.8. The van der Waals surface area contributed by atoms with E-state index in [0.717, 1.165) is 13.0 Å². The first-order chi connectivity index (χ1) is 10.6. The Morgan fingerprint density at radius 3 is 3.00 bits per heavy atom. The summed E-state index contributed by atoms with van der Waals surface area (Å²) < 4.78 is 0.645. The van der Waals surface area contributed by atoms with Crippen LogP contribution >= 0.6 is 27.7 Å². The fourth-order valence-electron chi connectivity index (χ4n) is 2.67. The molecule has 4 nitrogen and oxygen atoms in total. The highest BCUT2D eigenvalue weighted by Gasteiger charge is 2.25. The number of rotatable bonds is 2. The summed E-state index contributed by atoms with van der Waals surface area (Å²) in [5, 5.41) is 0. The summed E-state index contributed by atoms with van der Waals surface area (Å²) in [5.74, 6) is 0.563. The Morgan fingerprint density at radius 2 is 2.23 bits per heavy atom. The molecule has 0 saturated heterocycles. The van der Waals surface area contributed by atoms with Crippen molar-refractivity contribution in [3.63, 3.8) is 0 Å². The molecule has 114 valence electrons. The van der Waals surface area contributed by atoms with Gasteiger partial charge in [0.1, 0.15) is 11.5 Å². The van der Waals surface area contributed by atoms with Crippen LogP contribution in [0, 0.1) is 6.92 Å².